The first kappa shape index (κ1) is 20.5. The molecule has 0 saturated carbocycles. The number of aryl methyl sites for hydroxylation is 2. The zero-order chi connectivity index (χ0) is 20.2. The Hall–Kier alpha value is -2.83. The van der Waals surface area contributed by atoms with E-state index in [0.29, 0.717) is 0 Å². The van der Waals surface area contributed by atoms with Crippen LogP contribution < -0.4 is 5.32 Å². The Balaban J connectivity index is 2.16. The number of hydrogen-bond acceptors (Lipinski definition) is 3. The molecule has 27 heavy (non-hydrogen) atoms. The number of nitrogens with one attached hydrogen (secondary N) is 1. The average Bonchev–Trinajstić information content (AvgIpc) is 2.62. The summed E-state index contributed by atoms with van der Waals surface area (Å²) >= 11 is 0. The minimum atomic E-state index is -4.48. The molecule has 7 heteroatoms. The molecule has 0 unspecified atom stereocenters. The number of halogens is 3. The lowest BCUT2D eigenvalue weighted by atomic mass is 10.0. The number of benzene rings is 2. The normalized spacial score (nSPS) is 12.4. The second-order valence-corrected chi connectivity index (χ2v) is 6.25. The Kier molecular flexibility index (Phi) is 6.25. The highest BCUT2D eigenvalue weighted by atomic mass is 19.4. The fourth-order valence-corrected chi connectivity index (χ4v) is 2.55. The van der Waals surface area contributed by atoms with Crippen LogP contribution in [0.4, 0.5) is 13.2 Å². The molecule has 1 N–H and O–H groups in total. The van der Waals surface area contributed by atoms with Gasteiger partial charge in [-0.25, -0.2) is 4.79 Å². The van der Waals surface area contributed by atoms with Gasteiger partial charge in [-0.15, -0.1) is 0 Å². The summed E-state index contributed by atoms with van der Waals surface area (Å²) in [6.45, 7) is 3.90. The third-order valence-corrected chi connectivity index (χ3v) is 4.28. The average molecular weight is 379 g/mol. The van der Waals surface area contributed by atoms with Gasteiger partial charge in [0, 0.05) is 12.0 Å². The zero-order valence-electron chi connectivity index (χ0n) is 15.2. The fourth-order valence-electron chi connectivity index (χ4n) is 2.55. The summed E-state index contributed by atoms with van der Waals surface area (Å²) in [4.78, 5) is 24.4. The van der Waals surface area contributed by atoms with Crippen molar-refractivity contribution in [2.75, 3.05) is 7.11 Å². The van der Waals surface area contributed by atoms with Crippen LogP contribution in [-0.2, 0) is 22.1 Å². The molecule has 0 spiro atoms. The number of carbonyl (C=O) groups excluding carboxylic acids is 2. The minimum absolute atomic E-state index is 0.0250. The van der Waals surface area contributed by atoms with E-state index in [9.17, 15) is 22.8 Å². The molecule has 2 aromatic carbocycles. The molecular formula is C20H20F3NO3. The first-order chi connectivity index (χ1) is 12.6. The maximum atomic E-state index is 12.6. The summed E-state index contributed by atoms with van der Waals surface area (Å²) in [6.07, 6.45) is -4.27. The Morgan fingerprint density at radius 2 is 1.67 bits per heavy atom. The van der Waals surface area contributed by atoms with Gasteiger partial charge < -0.3 is 10.1 Å². The lowest BCUT2D eigenvalue weighted by Gasteiger charge is -2.17. The quantitative estimate of drug-likeness (QED) is 0.804. The fraction of sp³-hybridized carbons (Fsp3) is 0.300. The van der Waals surface area contributed by atoms with E-state index >= 15 is 0 Å². The van der Waals surface area contributed by atoms with Gasteiger partial charge in [0.2, 0.25) is 0 Å². The van der Waals surface area contributed by atoms with Gasteiger partial charge in [-0.3, -0.25) is 4.79 Å². The number of ether oxygens (including phenoxy) is 1. The first-order valence-corrected chi connectivity index (χ1v) is 8.24. The Morgan fingerprint density at radius 1 is 1.04 bits per heavy atom. The standard InChI is InChI=1S/C20H20F3NO3/c1-12-4-5-14(10-13(12)2)11-17(19(26)27-3)24-18(25)15-6-8-16(9-7-15)20(21,22)23/h4-10,17H,11H2,1-3H3,(H,24,25)/t17-/m0/s1. The molecule has 0 heterocycles. The van der Waals surface area contributed by atoms with Crippen LogP contribution in [0.3, 0.4) is 0 Å². The Bertz CT molecular complexity index is 829. The summed E-state index contributed by atoms with van der Waals surface area (Å²) in [5.74, 6) is -1.28. The molecule has 0 aliphatic heterocycles. The second-order valence-electron chi connectivity index (χ2n) is 6.25. The van der Waals surface area contributed by atoms with E-state index in [1.807, 2.05) is 32.0 Å². The van der Waals surface area contributed by atoms with Crippen molar-refractivity contribution >= 4 is 11.9 Å². The summed E-state index contributed by atoms with van der Waals surface area (Å²) in [6, 6.07) is 8.52. The maximum absolute atomic E-state index is 12.6. The predicted molar refractivity (Wildman–Crippen MR) is 94.3 cm³/mol. The monoisotopic (exact) mass is 379 g/mol. The number of amides is 1. The lowest BCUT2D eigenvalue weighted by Crippen LogP contribution is -2.43. The number of alkyl halides is 3. The van der Waals surface area contributed by atoms with E-state index in [0.717, 1.165) is 41.0 Å². The van der Waals surface area contributed by atoms with Gasteiger partial charge in [0.05, 0.1) is 12.7 Å². The van der Waals surface area contributed by atoms with Gasteiger partial charge in [0.15, 0.2) is 0 Å². The van der Waals surface area contributed by atoms with Crippen LogP contribution in [0.1, 0.15) is 32.6 Å². The molecule has 2 aromatic rings. The molecule has 0 aromatic heterocycles. The summed E-state index contributed by atoms with van der Waals surface area (Å²) in [7, 11) is 1.21. The highest BCUT2D eigenvalue weighted by Crippen LogP contribution is 2.29. The van der Waals surface area contributed by atoms with Crippen LogP contribution in [0.15, 0.2) is 42.5 Å². The highest BCUT2D eigenvalue weighted by molar-refractivity contribution is 5.96. The Morgan fingerprint density at radius 3 is 2.19 bits per heavy atom. The van der Waals surface area contributed by atoms with Crippen molar-refractivity contribution in [3.8, 4) is 0 Å². The smallest absolute Gasteiger partial charge is 0.416 e. The molecule has 0 aliphatic rings. The topological polar surface area (TPSA) is 55.4 Å². The molecule has 1 atom stereocenters. The van der Waals surface area contributed by atoms with Crippen molar-refractivity contribution in [1.29, 1.82) is 0 Å². The molecule has 0 bridgehead atoms. The number of methoxy groups -OCH3 is 1. The van der Waals surface area contributed by atoms with Crippen LogP contribution in [0.5, 0.6) is 0 Å². The number of hydrogen-bond donors (Lipinski definition) is 1. The number of carbonyl (C=O) groups is 2. The third kappa shape index (κ3) is 5.32. The molecule has 2 rings (SSSR count). The minimum Gasteiger partial charge on any atom is -0.467 e. The van der Waals surface area contributed by atoms with E-state index in [4.69, 9.17) is 4.74 Å². The van der Waals surface area contributed by atoms with Crippen LogP contribution in [0.25, 0.3) is 0 Å². The van der Waals surface area contributed by atoms with Crippen molar-refractivity contribution in [2.45, 2.75) is 32.5 Å². The second kappa shape index (κ2) is 8.24. The predicted octanol–water partition coefficient (Wildman–Crippen LogP) is 3.84. The van der Waals surface area contributed by atoms with E-state index < -0.39 is 29.7 Å². The van der Waals surface area contributed by atoms with Crippen LogP contribution in [0.2, 0.25) is 0 Å². The molecule has 0 fully saturated rings. The first-order valence-electron chi connectivity index (χ1n) is 8.24. The SMILES string of the molecule is COC(=O)[C@H](Cc1ccc(C)c(C)c1)NC(=O)c1ccc(C(F)(F)F)cc1. The largest absolute Gasteiger partial charge is 0.467 e. The lowest BCUT2D eigenvalue weighted by molar-refractivity contribution is -0.142. The van der Waals surface area contributed by atoms with Gasteiger partial charge in [-0.1, -0.05) is 18.2 Å². The van der Waals surface area contributed by atoms with E-state index in [2.05, 4.69) is 5.32 Å². The molecule has 4 nitrogen and oxygen atoms in total. The van der Waals surface area contributed by atoms with Gasteiger partial charge in [-0.05, 0) is 54.8 Å². The molecule has 0 saturated heterocycles. The summed E-state index contributed by atoms with van der Waals surface area (Å²) in [5, 5.41) is 2.53. The third-order valence-electron chi connectivity index (χ3n) is 4.28. The molecule has 0 radical (unpaired) electrons. The van der Waals surface area contributed by atoms with Crippen molar-refractivity contribution < 1.29 is 27.5 Å². The van der Waals surface area contributed by atoms with Crippen LogP contribution in [0, 0.1) is 13.8 Å². The van der Waals surface area contributed by atoms with Gasteiger partial charge in [0.25, 0.3) is 5.91 Å². The van der Waals surface area contributed by atoms with Crippen molar-refractivity contribution in [3.05, 3.63) is 70.3 Å². The van der Waals surface area contributed by atoms with Gasteiger partial charge in [-0.2, -0.15) is 13.2 Å². The van der Waals surface area contributed by atoms with Gasteiger partial charge >= 0.3 is 12.1 Å². The van der Waals surface area contributed by atoms with Crippen molar-refractivity contribution in [1.82, 2.24) is 5.32 Å². The molecule has 1 amide bonds. The van der Waals surface area contributed by atoms with E-state index in [1.54, 1.807) is 0 Å². The number of esters is 1. The summed E-state index contributed by atoms with van der Waals surface area (Å²) < 4.78 is 42.6. The Labute approximate surface area is 155 Å². The van der Waals surface area contributed by atoms with E-state index in [1.165, 1.54) is 7.11 Å². The van der Waals surface area contributed by atoms with Crippen molar-refractivity contribution in [2.24, 2.45) is 0 Å². The maximum Gasteiger partial charge on any atom is 0.416 e. The molecule has 0 aliphatic carbocycles. The summed E-state index contributed by atoms with van der Waals surface area (Å²) in [5.41, 5.74) is 2.16. The highest BCUT2D eigenvalue weighted by Gasteiger charge is 2.30. The van der Waals surface area contributed by atoms with Crippen LogP contribution in [-0.4, -0.2) is 25.0 Å². The van der Waals surface area contributed by atoms with Crippen LogP contribution >= 0.6 is 0 Å². The number of rotatable bonds is 5. The zero-order valence-corrected chi connectivity index (χ0v) is 15.2. The van der Waals surface area contributed by atoms with Crippen molar-refractivity contribution in [3.63, 3.8) is 0 Å². The van der Waals surface area contributed by atoms with E-state index in [-0.39, 0.29) is 12.0 Å². The van der Waals surface area contributed by atoms with Gasteiger partial charge in [0.1, 0.15) is 6.04 Å². The molecule has 144 valence electrons. The molecular weight excluding hydrogens is 359 g/mol.